The standard InChI is InChI=1S/C16H24N2O4/c1-6-13(18(20)21)14(12-9-7-11(2)8-10-12)17-15(19)22-16(3,4)5/h7-10,13-14H,6H2,1-5H3,(H,17,19)/t13-,14+/m0/s1. The van der Waals surface area contributed by atoms with Crippen LogP contribution in [0.2, 0.25) is 0 Å². The first-order valence-electron chi connectivity index (χ1n) is 7.33. The normalized spacial score (nSPS) is 14.0. The third kappa shape index (κ3) is 5.35. The van der Waals surface area contributed by atoms with Gasteiger partial charge in [0.1, 0.15) is 11.6 Å². The smallest absolute Gasteiger partial charge is 0.408 e. The molecule has 0 spiro atoms. The number of aryl methyl sites for hydroxylation is 1. The minimum atomic E-state index is -0.907. The lowest BCUT2D eigenvalue weighted by atomic mass is 9.97. The van der Waals surface area contributed by atoms with Gasteiger partial charge in [-0.3, -0.25) is 10.1 Å². The van der Waals surface area contributed by atoms with Crippen molar-refractivity contribution in [2.75, 3.05) is 0 Å². The van der Waals surface area contributed by atoms with E-state index >= 15 is 0 Å². The molecule has 0 saturated heterocycles. The lowest BCUT2D eigenvalue weighted by Gasteiger charge is -2.25. The summed E-state index contributed by atoms with van der Waals surface area (Å²) in [6.45, 7) is 8.91. The molecule has 0 heterocycles. The van der Waals surface area contributed by atoms with Crippen LogP contribution < -0.4 is 5.32 Å². The second-order valence-corrected chi connectivity index (χ2v) is 6.30. The molecule has 6 heteroatoms. The summed E-state index contributed by atoms with van der Waals surface area (Å²) in [6.07, 6.45) is -0.347. The summed E-state index contributed by atoms with van der Waals surface area (Å²) in [5.41, 5.74) is 1.09. The first-order valence-corrected chi connectivity index (χ1v) is 7.33. The fourth-order valence-electron chi connectivity index (χ4n) is 2.12. The Kier molecular flexibility index (Phi) is 5.91. The van der Waals surface area contributed by atoms with Gasteiger partial charge in [-0.2, -0.15) is 0 Å². The highest BCUT2D eigenvalue weighted by atomic mass is 16.6. The zero-order valence-electron chi connectivity index (χ0n) is 13.8. The van der Waals surface area contributed by atoms with Crippen molar-refractivity contribution < 1.29 is 14.5 Å². The van der Waals surface area contributed by atoms with Crippen molar-refractivity contribution in [3.05, 3.63) is 45.5 Å². The molecule has 0 aromatic heterocycles. The van der Waals surface area contributed by atoms with Gasteiger partial charge in [-0.05, 0) is 33.3 Å². The van der Waals surface area contributed by atoms with Crippen LogP contribution >= 0.6 is 0 Å². The Morgan fingerprint density at radius 1 is 1.32 bits per heavy atom. The zero-order chi connectivity index (χ0) is 16.9. The predicted octanol–water partition coefficient (Wildman–Crippen LogP) is 3.62. The Morgan fingerprint density at radius 2 is 1.86 bits per heavy atom. The van der Waals surface area contributed by atoms with Gasteiger partial charge >= 0.3 is 6.09 Å². The topological polar surface area (TPSA) is 81.5 Å². The number of benzene rings is 1. The van der Waals surface area contributed by atoms with Gasteiger partial charge in [-0.1, -0.05) is 36.8 Å². The van der Waals surface area contributed by atoms with E-state index in [-0.39, 0.29) is 4.92 Å². The number of alkyl carbamates (subject to hydrolysis) is 1. The van der Waals surface area contributed by atoms with E-state index in [4.69, 9.17) is 4.74 Å². The Morgan fingerprint density at radius 3 is 2.27 bits per heavy atom. The SMILES string of the molecule is CC[C@@H]([C@H](NC(=O)OC(C)(C)C)c1ccc(C)cc1)[N+](=O)[O-]. The zero-order valence-corrected chi connectivity index (χ0v) is 13.8. The van der Waals surface area contributed by atoms with Crippen molar-refractivity contribution in [1.29, 1.82) is 0 Å². The number of amides is 1. The van der Waals surface area contributed by atoms with E-state index in [0.717, 1.165) is 5.56 Å². The third-order valence-corrected chi connectivity index (χ3v) is 3.18. The molecule has 0 fully saturated rings. The molecule has 2 atom stereocenters. The maximum atomic E-state index is 12.0. The minimum Gasteiger partial charge on any atom is -0.444 e. The van der Waals surface area contributed by atoms with Crippen LogP contribution in [0.15, 0.2) is 24.3 Å². The van der Waals surface area contributed by atoms with Gasteiger partial charge in [-0.25, -0.2) is 4.79 Å². The first kappa shape index (κ1) is 17.9. The summed E-state index contributed by atoms with van der Waals surface area (Å²) in [5.74, 6) is 0. The van der Waals surface area contributed by atoms with Gasteiger partial charge in [0.15, 0.2) is 0 Å². The van der Waals surface area contributed by atoms with E-state index in [9.17, 15) is 14.9 Å². The lowest BCUT2D eigenvalue weighted by molar-refractivity contribution is -0.528. The summed E-state index contributed by atoms with van der Waals surface area (Å²) < 4.78 is 5.22. The Hall–Kier alpha value is -2.11. The highest BCUT2D eigenvalue weighted by Crippen LogP contribution is 2.22. The molecule has 0 aliphatic heterocycles. The third-order valence-electron chi connectivity index (χ3n) is 3.18. The van der Waals surface area contributed by atoms with Gasteiger partial charge in [0.05, 0.1) is 0 Å². The molecule has 1 N–H and O–H groups in total. The van der Waals surface area contributed by atoms with E-state index < -0.39 is 23.8 Å². The number of ether oxygens (including phenoxy) is 1. The van der Waals surface area contributed by atoms with Crippen LogP contribution in [0.4, 0.5) is 4.79 Å². The van der Waals surface area contributed by atoms with Crippen molar-refractivity contribution in [1.82, 2.24) is 5.32 Å². The number of hydrogen-bond acceptors (Lipinski definition) is 4. The molecule has 0 aliphatic carbocycles. The number of hydrogen-bond donors (Lipinski definition) is 1. The molecule has 0 unspecified atom stereocenters. The van der Waals surface area contributed by atoms with E-state index in [1.165, 1.54) is 0 Å². The van der Waals surface area contributed by atoms with E-state index in [2.05, 4.69) is 5.32 Å². The van der Waals surface area contributed by atoms with Crippen molar-refractivity contribution in [2.45, 2.75) is 58.7 Å². The molecule has 0 radical (unpaired) electrons. The number of nitro groups is 1. The van der Waals surface area contributed by atoms with Crippen LogP contribution in [-0.2, 0) is 4.74 Å². The molecular weight excluding hydrogens is 284 g/mol. The summed E-state index contributed by atoms with van der Waals surface area (Å²) in [4.78, 5) is 22.9. The molecule has 0 bridgehead atoms. The van der Waals surface area contributed by atoms with Gasteiger partial charge in [-0.15, -0.1) is 0 Å². The number of nitrogens with one attached hydrogen (secondary N) is 1. The Bertz CT molecular complexity index is 520. The maximum Gasteiger partial charge on any atom is 0.408 e. The van der Waals surface area contributed by atoms with E-state index in [0.29, 0.717) is 12.0 Å². The Balaban J connectivity index is 3.03. The Labute approximate surface area is 131 Å². The second kappa shape index (κ2) is 7.24. The van der Waals surface area contributed by atoms with Gasteiger partial charge in [0.2, 0.25) is 6.04 Å². The predicted molar refractivity (Wildman–Crippen MR) is 84.4 cm³/mol. The fourth-order valence-corrected chi connectivity index (χ4v) is 2.12. The highest BCUT2D eigenvalue weighted by molar-refractivity contribution is 5.68. The molecule has 1 rings (SSSR count). The van der Waals surface area contributed by atoms with Crippen LogP contribution in [0.25, 0.3) is 0 Å². The van der Waals surface area contributed by atoms with Crippen LogP contribution in [0.5, 0.6) is 0 Å². The summed E-state index contributed by atoms with van der Waals surface area (Å²) in [7, 11) is 0. The van der Waals surface area contributed by atoms with Crippen molar-refractivity contribution in [2.24, 2.45) is 0 Å². The number of nitrogens with zero attached hydrogens (tertiary/aromatic N) is 1. The maximum absolute atomic E-state index is 12.0. The summed E-state index contributed by atoms with van der Waals surface area (Å²) in [6, 6.07) is 5.69. The largest absolute Gasteiger partial charge is 0.444 e. The van der Waals surface area contributed by atoms with Gasteiger partial charge < -0.3 is 10.1 Å². The van der Waals surface area contributed by atoms with Gasteiger partial charge in [0.25, 0.3) is 0 Å². The van der Waals surface area contributed by atoms with Crippen LogP contribution in [0.1, 0.15) is 51.3 Å². The van der Waals surface area contributed by atoms with Crippen molar-refractivity contribution in [3.8, 4) is 0 Å². The molecule has 1 aromatic carbocycles. The average Bonchev–Trinajstić information content (AvgIpc) is 2.36. The quantitative estimate of drug-likeness (QED) is 0.665. The number of carbonyl (C=O) groups is 1. The van der Waals surface area contributed by atoms with E-state index in [1.807, 2.05) is 19.1 Å². The fraction of sp³-hybridized carbons (Fsp3) is 0.562. The van der Waals surface area contributed by atoms with E-state index in [1.54, 1.807) is 39.8 Å². The molecule has 0 aliphatic rings. The number of carbonyl (C=O) groups excluding carboxylic acids is 1. The van der Waals surface area contributed by atoms with Gasteiger partial charge in [0, 0.05) is 11.3 Å². The molecule has 1 aromatic rings. The minimum absolute atomic E-state index is 0.307. The summed E-state index contributed by atoms with van der Waals surface area (Å²) >= 11 is 0. The number of rotatable bonds is 5. The monoisotopic (exact) mass is 308 g/mol. The molecule has 0 saturated carbocycles. The van der Waals surface area contributed by atoms with Crippen LogP contribution in [0, 0.1) is 17.0 Å². The van der Waals surface area contributed by atoms with Crippen LogP contribution in [0.3, 0.4) is 0 Å². The molecular formula is C16H24N2O4. The lowest BCUT2D eigenvalue weighted by Crippen LogP contribution is -2.42. The van der Waals surface area contributed by atoms with Crippen molar-refractivity contribution in [3.63, 3.8) is 0 Å². The molecule has 122 valence electrons. The second-order valence-electron chi connectivity index (χ2n) is 6.30. The first-order chi connectivity index (χ1) is 10.1. The highest BCUT2D eigenvalue weighted by Gasteiger charge is 2.33. The molecule has 22 heavy (non-hydrogen) atoms. The molecule has 6 nitrogen and oxygen atoms in total. The van der Waals surface area contributed by atoms with Crippen molar-refractivity contribution >= 4 is 6.09 Å². The molecule has 1 amide bonds. The van der Waals surface area contributed by atoms with Crippen LogP contribution in [-0.4, -0.2) is 22.7 Å². The average molecular weight is 308 g/mol. The summed E-state index contributed by atoms with van der Waals surface area (Å²) in [5, 5.41) is 13.9.